The molecule has 0 saturated carbocycles. The van der Waals surface area contributed by atoms with Crippen molar-refractivity contribution in [2.45, 2.75) is 4.90 Å². The summed E-state index contributed by atoms with van der Waals surface area (Å²) in [6, 6.07) is 5.37. The Bertz CT molecular complexity index is 687. The molecule has 6 heteroatoms. The third-order valence-electron chi connectivity index (χ3n) is 3.95. The van der Waals surface area contributed by atoms with E-state index >= 15 is 0 Å². The number of amides is 2. The van der Waals surface area contributed by atoms with Crippen molar-refractivity contribution in [3.63, 3.8) is 0 Å². The number of nitrogens with zero attached hydrogens (tertiary/aromatic N) is 2. The van der Waals surface area contributed by atoms with Gasteiger partial charge in [-0.2, -0.15) is 0 Å². The fourth-order valence-corrected chi connectivity index (χ4v) is 3.04. The lowest BCUT2D eigenvalue weighted by Crippen LogP contribution is -2.36. The van der Waals surface area contributed by atoms with E-state index in [0.717, 1.165) is 31.2 Å². The molecule has 5 nitrogen and oxygen atoms in total. The lowest BCUT2D eigenvalue weighted by Gasteiger charge is -2.24. The van der Waals surface area contributed by atoms with Crippen LogP contribution in [0.1, 0.15) is 20.7 Å². The normalized spacial score (nSPS) is 17.9. The first-order valence-electron chi connectivity index (χ1n) is 7.51. The lowest BCUT2D eigenvalue weighted by molar-refractivity contribution is 0.0443. The molecule has 0 unspecified atom stereocenters. The van der Waals surface area contributed by atoms with Gasteiger partial charge in [0.1, 0.15) is 0 Å². The van der Waals surface area contributed by atoms with Crippen molar-refractivity contribution in [2.75, 3.05) is 45.6 Å². The van der Waals surface area contributed by atoms with Crippen molar-refractivity contribution in [3.05, 3.63) is 29.3 Å². The fourth-order valence-electron chi connectivity index (χ4n) is 2.60. The van der Waals surface area contributed by atoms with Crippen LogP contribution in [0.4, 0.5) is 0 Å². The van der Waals surface area contributed by atoms with Gasteiger partial charge in [0, 0.05) is 18.0 Å². The molecule has 2 amide bonds. The number of imide groups is 1. The molecule has 1 fully saturated rings. The SMILES string of the molecule is CSc1ccc2c(c1)C(=O)N(CC#CCN1CCOCC1)C2=O. The number of carbonyl (C=O) groups excluding carboxylic acids is 2. The first-order valence-corrected chi connectivity index (χ1v) is 8.73. The van der Waals surface area contributed by atoms with E-state index in [9.17, 15) is 9.59 Å². The summed E-state index contributed by atoms with van der Waals surface area (Å²) in [7, 11) is 0. The maximum atomic E-state index is 12.4. The monoisotopic (exact) mass is 330 g/mol. The highest BCUT2D eigenvalue weighted by molar-refractivity contribution is 7.98. The van der Waals surface area contributed by atoms with E-state index in [2.05, 4.69) is 16.7 Å². The molecule has 1 saturated heterocycles. The zero-order chi connectivity index (χ0) is 16.2. The zero-order valence-electron chi connectivity index (χ0n) is 13.0. The molecule has 23 heavy (non-hydrogen) atoms. The molecule has 0 atom stereocenters. The summed E-state index contributed by atoms with van der Waals surface area (Å²) in [5.74, 6) is 5.49. The second kappa shape index (κ2) is 7.18. The van der Waals surface area contributed by atoms with Gasteiger partial charge in [-0.3, -0.25) is 19.4 Å². The van der Waals surface area contributed by atoms with Gasteiger partial charge < -0.3 is 4.74 Å². The predicted octanol–water partition coefficient (Wildman–Crippen LogP) is 1.34. The Morgan fingerprint density at radius 3 is 2.52 bits per heavy atom. The van der Waals surface area contributed by atoms with Crippen LogP contribution < -0.4 is 0 Å². The smallest absolute Gasteiger partial charge is 0.262 e. The third kappa shape index (κ3) is 3.42. The number of ether oxygens (including phenoxy) is 1. The molecule has 2 heterocycles. The summed E-state index contributed by atoms with van der Waals surface area (Å²) >= 11 is 1.55. The van der Waals surface area contributed by atoms with Gasteiger partial charge >= 0.3 is 0 Å². The first kappa shape index (κ1) is 16.1. The molecule has 0 aromatic heterocycles. The zero-order valence-corrected chi connectivity index (χ0v) is 13.8. The Kier molecular flexibility index (Phi) is 5.01. The molecule has 120 valence electrons. The van der Waals surface area contributed by atoms with Crippen LogP contribution in [0.15, 0.2) is 23.1 Å². The van der Waals surface area contributed by atoms with E-state index in [0.29, 0.717) is 17.7 Å². The minimum absolute atomic E-state index is 0.144. The molecule has 3 rings (SSSR count). The van der Waals surface area contributed by atoms with Gasteiger partial charge in [0.05, 0.1) is 37.4 Å². The molecule has 0 bridgehead atoms. The van der Waals surface area contributed by atoms with Crippen LogP contribution in [0.25, 0.3) is 0 Å². The standard InChI is InChI=1S/C17H18N2O3S/c1-23-13-4-5-14-15(12-13)17(21)19(16(14)20)7-3-2-6-18-8-10-22-11-9-18/h4-5,12H,6-11H2,1H3. The van der Waals surface area contributed by atoms with Crippen LogP contribution in [0.2, 0.25) is 0 Å². The Balaban J connectivity index is 1.63. The average Bonchev–Trinajstić information content (AvgIpc) is 2.83. The van der Waals surface area contributed by atoms with Gasteiger partial charge in [-0.1, -0.05) is 11.8 Å². The van der Waals surface area contributed by atoms with Crippen molar-refractivity contribution in [2.24, 2.45) is 0 Å². The molecule has 0 spiro atoms. The Hall–Kier alpha value is -1.81. The van der Waals surface area contributed by atoms with E-state index < -0.39 is 0 Å². The highest BCUT2D eigenvalue weighted by atomic mass is 32.2. The number of carbonyl (C=O) groups is 2. The molecule has 0 radical (unpaired) electrons. The largest absolute Gasteiger partial charge is 0.379 e. The maximum absolute atomic E-state index is 12.4. The summed E-state index contributed by atoms with van der Waals surface area (Å²) < 4.78 is 5.28. The minimum atomic E-state index is -0.252. The second-order valence-electron chi connectivity index (χ2n) is 5.35. The summed E-state index contributed by atoms with van der Waals surface area (Å²) in [6.45, 7) is 4.00. The van der Waals surface area contributed by atoms with Crippen molar-refractivity contribution in [1.82, 2.24) is 9.80 Å². The summed E-state index contributed by atoms with van der Waals surface area (Å²) in [4.78, 5) is 29.1. The van der Waals surface area contributed by atoms with Crippen molar-refractivity contribution in [3.8, 4) is 11.8 Å². The van der Waals surface area contributed by atoms with Crippen LogP contribution >= 0.6 is 11.8 Å². The minimum Gasteiger partial charge on any atom is -0.379 e. The van der Waals surface area contributed by atoms with E-state index in [1.807, 2.05) is 12.3 Å². The summed E-state index contributed by atoms with van der Waals surface area (Å²) in [5, 5.41) is 0. The first-order chi connectivity index (χ1) is 11.2. The molecule has 0 N–H and O–H groups in total. The van der Waals surface area contributed by atoms with Crippen LogP contribution in [-0.4, -0.2) is 67.3 Å². The quantitative estimate of drug-likeness (QED) is 0.476. The summed E-state index contributed by atoms with van der Waals surface area (Å²) in [5.41, 5.74) is 0.958. The van der Waals surface area contributed by atoms with Crippen LogP contribution in [0.5, 0.6) is 0 Å². The molecular formula is C17H18N2O3S. The van der Waals surface area contributed by atoms with Crippen molar-refractivity contribution >= 4 is 23.6 Å². The van der Waals surface area contributed by atoms with Gasteiger partial charge in [0.2, 0.25) is 0 Å². The number of morpholine rings is 1. The van der Waals surface area contributed by atoms with Crippen molar-refractivity contribution < 1.29 is 14.3 Å². The third-order valence-corrected chi connectivity index (χ3v) is 4.67. The van der Waals surface area contributed by atoms with Crippen LogP contribution in [0.3, 0.4) is 0 Å². The van der Waals surface area contributed by atoms with E-state index in [4.69, 9.17) is 4.74 Å². The van der Waals surface area contributed by atoms with Crippen LogP contribution in [0, 0.1) is 11.8 Å². The highest BCUT2D eigenvalue weighted by Gasteiger charge is 2.34. The molecule has 2 aliphatic heterocycles. The molecule has 1 aromatic carbocycles. The Morgan fingerprint density at radius 1 is 1.09 bits per heavy atom. The van der Waals surface area contributed by atoms with Gasteiger partial charge in [-0.05, 0) is 24.5 Å². The Labute approximate surface area is 140 Å². The molecule has 1 aromatic rings. The molecular weight excluding hydrogens is 312 g/mol. The number of hydrogen-bond donors (Lipinski definition) is 0. The van der Waals surface area contributed by atoms with Gasteiger partial charge in [0.15, 0.2) is 0 Å². The van der Waals surface area contributed by atoms with E-state index in [-0.39, 0.29) is 18.4 Å². The highest BCUT2D eigenvalue weighted by Crippen LogP contribution is 2.26. The fraction of sp³-hybridized carbons (Fsp3) is 0.412. The summed E-state index contributed by atoms with van der Waals surface area (Å²) in [6.07, 6.45) is 1.94. The second-order valence-corrected chi connectivity index (χ2v) is 6.23. The van der Waals surface area contributed by atoms with Gasteiger partial charge in [0.25, 0.3) is 11.8 Å². The number of hydrogen-bond acceptors (Lipinski definition) is 5. The van der Waals surface area contributed by atoms with E-state index in [1.165, 1.54) is 4.90 Å². The number of rotatable bonds is 3. The number of benzene rings is 1. The molecule has 2 aliphatic rings. The maximum Gasteiger partial charge on any atom is 0.262 e. The number of thioether (sulfide) groups is 1. The van der Waals surface area contributed by atoms with E-state index in [1.54, 1.807) is 23.9 Å². The lowest BCUT2D eigenvalue weighted by atomic mass is 10.1. The molecule has 0 aliphatic carbocycles. The Morgan fingerprint density at radius 2 is 1.78 bits per heavy atom. The van der Waals surface area contributed by atoms with Crippen LogP contribution in [-0.2, 0) is 4.74 Å². The topological polar surface area (TPSA) is 49.9 Å². The predicted molar refractivity (Wildman–Crippen MR) is 88.6 cm³/mol. The van der Waals surface area contributed by atoms with Gasteiger partial charge in [-0.25, -0.2) is 0 Å². The van der Waals surface area contributed by atoms with Gasteiger partial charge in [-0.15, -0.1) is 11.8 Å². The van der Waals surface area contributed by atoms with Crippen molar-refractivity contribution in [1.29, 1.82) is 0 Å². The average molecular weight is 330 g/mol. The number of fused-ring (bicyclic) bond motifs is 1.